The Hall–Kier alpha value is -2.70. The van der Waals surface area contributed by atoms with Crippen LogP contribution >= 0.6 is 0 Å². The van der Waals surface area contributed by atoms with Gasteiger partial charge in [0.2, 0.25) is 5.75 Å². The van der Waals surface area contributed by atoms with Gasteiger partial charge in [-0.15, -0.1) is 0 Å². The van der Waals surface area contributed by atoms with Gasteiger partial charge in [-0.25, -0.2) is 4.79 Å². The molecular weight excluding hydrogens is 436 g/mol. The Morgan fingerprint density at radius 3 is 1.91 bits per heavy atom. The van der Waals surface area contributed by atoms with Crippen LogP contribution in [0, 0.1) is 0 Å². The highest BCUT2D eigenvalue weighted by Crippen LogP contribution is 2.41. The smallest absolute Gasteiger partial charge is 0.328 e. The van der Waals surface area contributed by atoms with E-state index >= 15 is 0 Å². The molecule has 0 aliphatic rings. The number of rotatable bonds is 20. The highest BCUT2D eigenvalue weighted by atomic mass is 16.5. The van der Waals surface area contributed by atoms with Crippen LogP contribution in [0.25, 0.3) is 6.08 Å². The van der Waals surface area contributed by atoms with Crippen molar-refractivity contribution in [3.8, 4) is 17.2 Å². The summed E-state index contributed by atoms with van der Waals surface area (Å²) in [5.74, 6) is 0.287. The highest BCUT2D eigenvalue weighted by molar-refractivity contribution is 5.86. The zero-order valence-electron chi connectivity index (χ0n) is 21.1. The van der Waals surface area contributed by atoms with Crippen molar-refractivity contribution in [3.05, 3.63) is 23.8 Å². The molecule has 0 aliphatic heterocycles. The minimum Gasteiger partial charge on any atom is -0.490 e. The van der Waals surface area contributed by atoms with Gasteiger partial charge in [0, 0.05) is 18.6 Å². The number of carboxylic acid groups (broad SMARTS) is 1. The number of carbonyl (C=O) groups is 2. The molecule has 0 radical (unpaired) electrons. The lowest BCUT2D eigenvalue weighted by Gasteiger charge is -2.19. The van der Waals surface area contributed by atoms with Crippen molar-refractivity contribution < 1.29 is 33.6 Å². The average molecular weight is 479 g/mol. The van der Waals surface area contributed by atoms with Crippen molar-refractivity contribution in [3.63, 3.8) is 0 Å². The Morgan fingerprint density at radius 2 is 1.32 bits per heavy atom. The molecule has 0 amide bonds. The van der Waals surface area contributed by atoms with Crippen LogP contribution in [0.4, 0.5) is 0 Å². The molecule has 0 fully saturated rings. The third-order valence-corrected chi connectivity index (χ3v) is 5.10. The summed E-state index contributed by atoms with van der Waals surface area (Å²) in [4.78, 5) is 22.0. The number of hydrogen-bond donors (Lipinski definition) is 1. The number of ether oxygens (including phenoxy) is 4. The van der Waals surface area contributed by atoms with E-state index < -0.39 is 5.97 Å². The number of benzene rings is 1. The van der Waals surface area contributed by atoms with E-state index in [2.05, 4.69) is 13.8 Å². The fraction of sp³-hybridized carbons (Fsp3) is 0.630. The van der Waals surface area contributed by atoms with Crippen LogP contribution in [0.2, 0.25) is 0 Å². The maximum absolute atomic E-state index is 11.1. The summed E-state index contributed by atoms with van der Waals surface area (Å²) in [6.07, 6.45) is 12.6. The van der Waals surface area contributed by atoms with E-state index in [4.69, 9.17) is 24.1 Å². The van der Waals surface area contributed by atoms with E-state index in [0.717, 1.165) is 63.9 Å². The van der Waals surface area contributed by atoms with Crippen molar-refractivity contribution in [1.29, 1.82) is 0 Å². The van der Waals surface area contributed by atoms with Crippen molar-refractivity contribution in [1.82, 2.24) is 0 Å². The Morgan fingerprint density at radius 1 is 0.765 bits per heavy atom. The summed E-state index contributed by atoms with van der Waals surface area (Å²) in [6.45, 7) is 7.57. The maximum Gasteiger partial charge on any atom is 0.328 e. The van der Waals surface area contributed by atoms with Gasteiger partial charge in [0.15, 0.2) is 11.5 Å². The lowest BCUT2D eigenvalue weighted by atomic mass is 10.1. The number of carboxylic acids is 1. The molecule has 7 heteroatoms. The molecular formula is C27H42O7. The molecule has 0 heterocycles. The first kappa shape index (κ1) is 29.3. The second-order valence-corrected chi connectivity index (χ2v) is 8.20. The number of aliphatic carboxylic acids is 1. The van der Waals surface area contributed by atoms with Gasteiger partial charge in [-0.1, -0.05) is 52.4 Å². The highest BCUT2D eigenvalue weighted by Gasteiger charge is 2.17. The van der Waals surface area contributed by atoms with Gasteiger partial charge in [-0.3, -0.25) is 4.79 Å². The van der Waals surface area contributed by atoms with Crippen molar-refractivity contribution in [2.24, 2.45) is 0 Å². The van der Waals surface area contributed by atoms with Gasteiger partial charge < -0.3 is 24.1 Å². The predicted octanol–water partition coefficient (Wildman–Crippen LogP) is 6.42. The molecule has 34 heavy (non-hydrogen) atoms. The molecule has 0 atom stereocenters. The number of carbonyl (C=O) groups excluding carboxylic acids is 1. The molecule has 192 valence electrons. The standard InChI is InChI=1S/C27H42O7/c1-4-6-8-10-20-33-26-23(15-17-25(29)30)14-16-24(27(26)34-21-11-9-7-5-2)32-19-13-12-18-31-22(3)28/h14-17H,4-13,18-21H2,1-3H3,(H,29,30). The summed E-state index contributed by atoms with van der Waals surface area (Å²) in [7, 11) is 0. The minimum atomic E-state index is -1.02. The van der Waals surface area contributed by atoms with Crippen molar-refractivity contribution >= 4 is 18.0 Å². The summed E-state index contributed by atoms with van der Waals surface area (Å²) in [5.41, 5.74) is 0.642. The summed E-state index contributed by atoms with van der Waals surface area (Å²) < 4.78 is 23.2. The topological polar surface area (TPSA) is 91.3 Å². The average Bonchev–Trinajstić information content (AvgIpc) is 2.80. The molecule has 7 nitrogen and oxygen atoms in total. The zero-order valence-corrected chi connectivity index (χ0v) is 21.1. The summed E-state index contributed by atoms with van der Waals surface area (Å²) in [6, 6.07) is 3.58. The minimum absolute atomic E-state index is 0.287. The third-order valence-electron chi connectivity index (χ3n) is 5.10. The molecule has 0 saturated carbocycles. The Labute approximate surface area is 204 Å². The Kier molecular flexibility index (Phi) is 16.1. The second kappa shape index (κ2) is 18.7. The largest absolute Gasteiger partial charge is 0.490 e. The van der Waals surface area contributed by atoms with Crippen LogP contribution in [-0.4, -0.2) is 43.5 Å². The van der Waals surface area contributed by atoms with Crippen molar-refractivity contribution in [2.75, 3.05) is 26.4 Å². The molecule has 0 saturated heterocycles. The molecule has 1 aromatic rings. The monoisotopic (exact) mass is 478 g/mol. The summed E-state index contributed by atoms with van der Waals surface area (Å²) >= 11 is 0. The third kappa shape index (κ3) is 13.1. The van der Waals surface area contributed by atoms with E-state index in [9.17, 15) is 9.59 Å². The molecule has 1 aromatic carbocycles. The molecule has 0 unspecified atom stereocenters. The van der Waals surface area contributed by atoms with E-state index in [1.54, 1.807) is 12.1 Å². The molecule has 0 aliphatic carbocycles. The van der Waals surface area contributed by atoms with E-state index in [1.807, 2.05) is 0 Å². The van der Waals surface area contributed by atoms with Crippen LogP contribution in [-0.2, 0) is 14.3 Å². The van der Waals surface area contributed by atoms with Crippen LogP contribution < -0.4 is 14.2 Å². The van der Waals surface area contributed by atoms with Gasteiger partial charge in [0.05, 0.1) is 26.4 Å². The van der Waals surface area contributed by atoms with Crippen LogP contribution in [0.5, 0.6) is 17.2 Å². The predicted molar refractivity (Wildman–Crippen MR) is 134 cm³/mol. The van der Waals surface area contributed by atoms with Gasteiger partial charge in [-0.05, 0) is 43.9 Å². The Bertz CT molecular complexity index is 743. The maximum atomic E-state index is 11.1. The normalized spacial score (nSPS) is 10.9. The molecule has 0 spiro atoms. The lowest BCUT2D eigenvalue weighted by molar-refractivity contribution is -0.141. The molecule has 1 rings (SSSR count). The van der Waals surface area contributed by atoms with E-state index in [1.165, 1.54) is 13.0 Å². The molecule has 0 bridgehead atoms. The fourth-order valence-corrected chi connectivity index (χ4v) is 3.26. The van der Waals surface area contributed by atoms with Gasteiger partial charge in [0.1, 0.15) is 0 Å². The van der Waals surface area contributed by atoms with Crippen LogP contribution in [0.1, 0.15) is 90.5 Å². The Balaban J connectivity index is 3.00. The van der Waals surface area contributed by atoms with E-state index in [0.29, 0.717) is 55.7 Å². The first-order chi connectivity index (χ1) is 16.5. The van der Waals surface area contributed by atoms with Crippen molar-refractivity contribution in [2.45, 2.75) is 85.0 Å². The first-order valence-electron chi connectivity index (χ1n) is 12.6. The molecule has 1 N–H and O–H groups in total. The molecule has 0 aromatic heterocycles. The number of unbranched alkanes of at least 4 members (excludes halogenated alkanes) is 7. The lowest BCUT2D eigenvalue weighted by Crippen LogP contribution is -2.08. The quantitative estimate of drug-likeness (QED) is 0.131. The van der Waals surface area contributed by atoms with Crippen LogP contribution in [0.3, 0.4) is 0 Å². The second-order valence-electron chi connectivity index (χ2n) is 8.20. The van der Waals surface area contributed by atoms with Gasteiger partial charge >= 0.3 is 11.9 Å². The summed E-state index contributed by atoms with van der Waals surface area (Å²) in [5, 5.41) is 9.09. The SMILES string of the molecule is CCCCCCOc1c(C=CC(=O)O)ccc(OCCCCOC(C)=O)c1OCCCCCC. The number of hydrogen-bond acceptors (Lipinski definition) is 6. The van der Waals surface area contributed by atoms with Crippen LogP contribution in [0.15, 0.2) is 18.2 Å². The first-order valence-corrected chi connectivity index (χ1v) is 12.6. The van der Waals surface area contributed by atoms with Gasteiger partial charge in [-0.2, -0.15) is 0 Å². The fourth-order valence-electron chi connectivity index (χ4n) is 3.26. The number of esters is 1. The zero-order chi connectivity index (χ0) is 25.0. The van der Waals surface area contributed by atoms with Gasteiger partial charge in [0.25, 0.3) is 0 Å². The van der Waals surface area contributed by atoms with E-state index in [-0.39, 0.29) is 5.97 Å².